The Morgan fingerprint density at radius 3 is 2.58 bits per heavy atom. The molecule has 0 aromatic heterocycles. The normalized spacial score (nSPS) is 14.7. The molecular formula is C22H26N2. The fourth-order valence-corrected chi connectivity index (χ4v) is 3.08. The van der Waals surface area contributed by atoms with Crippen LogP contribution in [0.3, 0.4) is 0 Å². The molecule has 3 rings (SSSR count). The van der Waals surface area contributed by atoms with Gasteiger partial charge < -0.3 is 10.2 Å². The lowest BCUT2D eigenvalue weighted by atomic mass is 10.1. The zero-order valence-electron chi connectivity index (χ0n) is 14.3. The van der Waals surface area contributed by atoms with E-state index in [2.05, 4.69) is 58.5 Å². The molecule has 0 aliphatic carbocycles. The van der Waals surface area contributed by atoms with Crippen LogP contribution in [0.4, 0.5) is 5.69 Å². The minimum Gasteiger partial charge on any atom is -0.381 e. The van der Waals surface area contributed by atoms with Gasteiger partial charge in [0.05, 0.1) is 0 Å². The topological polar surface area (TPSA) is 15.3 Å². The summed E-state index contributed by atoms with van der Waals surface area (Å²) < 4.78 is 0. The van der Waals surface area contributed by atoms with Crippen LogP contribution in [0.1, 0.15) is 36.8 Å². The molecule has 2 nitrogen and oxygen atoms in total. The molecule has 124 valence electrons. The molecule has 1 aliphatic rings. The summed E-state index contributed by atoms with van der Waals surface area (Å²) in [5.74, 6) is 6.66. The Bertz CT molecular complexity index is 676. The third kappa shape index (κ3) is 5.44. The van der Waals surface area contributed by atoms with Gasteiger partial charge in [-0.1, -0.05) is 48.6 Å². The van der Waals surface area contributed by atoms with E-state index in [4.69, 9.17) is 0 Å². The van der Waals surface area contributed by atoms with Crippen LogP contribution in [0.5, 0.6) is 0 Å². The van der Waals surface area contributed by atoms with Gasteiger partial charge in [0.1, 0.15) is 0 Å². The Labute approximate surface area is 145 Å². The lowest BCUT2D eigenvalue weighted by Crippen LogP contribution is -2.30. The molecule has 0 unspecified atom stereocenters. The van der Waals surface area contributed by atoms with Crippen molar-refractivity contribution < 1.29 is 0 Å². The van der Waals surface area contributed by atoms with Gasteiger partial charge in [0.2, 0.25) is 0 Å². The van der Waals surface area contributed by atoms with Gasteiger partial charge in [-0.15, -0.1) is 0 Å². The molecule has 0 amide bonds. The smallest absolute Gasteiger partial charge is 0.0401 e. The van der Waals surface area contributed by atoms with Crippen molar-refractivity contribution in [3.63, 3.8) is 0 Å². The van der Waals surface area contributed by atoms with Gasteiger partial charge in [-0.05, 0) is 55.8 Å². The molecule has 2 heteroatoms. The molecule has 0 radical (unpaired) electrons. The average molecular weight is 318 g/mol. The molecule has 0 spiro atoms. The summed E-state index contributed by atoms with van der Waals surface area (Å²) in [6.07, 6.45) is 5.06. The molecule has 2 aromatic carbocycles. The van der Waals surface area contributed by atoms with Crippen LogP contribution in [-0.2, 0) is 6.54 Å². The number of rotatable bonds is 5. The molecule has 0 atom stereocenters. The average Bonchev–Trinajstić information content (AvgIpc) is 2.66. The Balaban J connectivity index is 1.49. The van der Waals surface area contributed by atoms with Gasteiger partial charge in [0, 0.05) is 30.8 Å². The molecule has 1 fully saturated rings. The second kappa shape index (κ2) is 9.15. The number of hydrogen-bond acceptors (Lipinski definition) is 2. The van der Waals surface area contributed by atoms with Gasteiger partial charge in [-0.3, -0.25) is 0 Å². The molecule has 0 saturated carbocycles. The molecule has 1 saturated heterocycles. The van der Waals surface area contributed by atoms with Crippen LogP contribution >= 0.6 is 0 Å². The summed E-state index contributed by atoms with van der Waals surface area (Å²) >= 11 is 0. The third-order valence-electron chi connectivity index (χ3n) is 4.43. The number of benzene rings is 2. The van der Waals surface area contributed by atoms with Crippen molar-refractivity contribution in [2.75, 3.05) is 25.0 Å². The first-order valence-corrected chi connectivity index (χ1v) is 8.99. The fraction of sp³-hybridized carbons (Fsp3) is 0.364. The summed E-state index contributed by atoms with van der Waals surface area (Å²) in [6, 6.07) is 18.8. The number of hydrogen-bond donors (Lipinski definition) is 1. The third-order valence-corrected chi connectivity index (χ3v) is 4.43. The second-order valence-corrected chi connectivity index (χ2v) is 6.37. The monoisotopic (exact) mass is 318 g/mol. The standard InChI is InChI=1S/C22H26N2/c1-3-13-22(14-4-1)23-19-21-12-9-11-20(18-21)10-5-8-17-24-15-6-2-7-16-24/h1,3-4,9,11-14,18,23H,2,6-8,15-17,19H2. The van der Waals surface area contributed by atoms with Crippen molar-refractivity contribution in [2.24, 2.45) is 0 Å². The maximum Gasteiger partial charge on any atom is 0.0401 e. The Hall–Kier alpha value is -2.24. The number of para-hydroxylation sites is 1. The Kier molecular flexibility index (Phi) is 6.33. The summed E-state index contributed by atoms with van der Waals surface area (Å²) in [4.78, 5) is 2.54. The summed E-state index contributed by atoms with van der Waals surface area (Å²) in [7, 11) is 0. The molecule has 1 aliphatic heterocycles. The summed E-state index contributed by atoms with van der Waals surface area (Å²) in [6.45, 7) is 4.44. The lowest BCUT2D eigenvalue weighted by molar-refractivity contribution is 0.234. The Morgan fingerprint density at radius 1 is 0.917 bits per heavy atom. The van der Waals surface area contributed by atoms with Gasteiger partial charge >= 0.3 is 0 Å². The lowest BCUT2D eigenvalue weighted by Gasteiger charge is -2.25. The minimum atomic E-state index is 0.827. The van der Waals surface area contributed by atoms with Crippen LogP contribution in [0.25, 0.3) is 0 Å². The van der Waals surface area contributed by atoms with Crippen molar-refractivity contribution in [2.45, 2.75) is 32.2 Å². The maximum absolute atomic E-state index is 3.44. The van der Waals surface area contributed by atoms with E-state index >= 15 is 0 Å². The van der Waals surface area contributed by atoms with Crippen LogP contribution in [0.2, 0.25) is 0 Å². The van der Waals surface area contributed by atoms with Crippen LogP contribution in [-0.4, -0.2) is 24.5 Å². The molecule has 1 N–H and O–H groups in total. The molecule has 1 heterocycles. The van der Waals surface area contributed by atoms with Crippen LogP contribution in [0.15, 0.2) is 54.6 Å². The number of anilines is 1. The zero-order valence-corrected chi connectivity index (χ0v) is 14.3. The highest BCUT2D eigenvalue weighted by molar-refractivity contribution is 5.44. The van der Waals surface area contributed by atoms with Crippen LogP contribution in [0, 0.1) is 11.8 Å². The number of nitrogens with zero attached hydrogens (tertiary/aromatic N) is 1. The number of nitrogens with one attached hydrogen (secondary N) is 1. The molecule has 2 aromatic rings. The first-order chi connectivity index (χ1) is 11.9. The van der Waals surface area contributed by atoms with Gasteiger partial charge in [0.15, 0.2) is 0 Å². The van der Waals surface area contributed by atoms with E-state index in [9.17, 15) is 0 Å². The molecular weight excluding hydrogens is 292 g/mol. The SMILES string of the molecule is C(#Cc1cccc(CNc2ccccc2)c1)CCN1CCCCC1. The van der Waals surface area contributed by atoms with Crippen molar-refractivity contribution in [1.29, 1.82) is 0 Å². The first kappa shape index (κ1) is 16.6. The largest absolute Gasteiger partial charge is 0.381 e. The van der Waals surface area contributed by atoms with Crippen molar-refractivity contribution >= 4 is 5.69 Å². The van der Waals surface area contributed by atoms with Gasteiger partial charge in [-0.25, -0.2) is 0 Å². The minimum absolute atomic E-state index is 0.827. The summed E-state index contributed by atoms with van der Waals surface area (Å²) in [5, 5.41) is 3.44. The number of likely N-dealkylation sites (tertiary alicyclic amines) is 1. The maximum atomic E-state index is 3.44. The van der Waals surface area contributed by atoms with E-state index < -0.39 is 0 Å². The Morgan fingerprint density at radius 2 is 1.75 bits per heavy atom. The van der Waals surface area contributed by atoms with E-state index in [0.717, 1.165) is 30.8 Å². The van der Waals surface area contributed by atoms with E-state index in [0.29, 0.717) is 0 Å². The van der Waals surface area contributed by atoms with Crippen molar-refractivity contribution in [3.05, 3.63) is 65.7 Å². The predicted molar refractivity (Wildman–Crippen MR) is 102 cm³/mol. The van der Waals surface area contributed by atoms with Gasteiger partial charge in [-0.2, -0.15) is 0 Å². The molecule has 0 bridgehead atoms. The first-order valence-electron chi connectivity index (χ1n) is 8.99. The van der Waals surface area contributed by atoms with E-state index in [1.54, 1.807) is 0 Å². The van der Waals surface area contributed by atoms with Crippen molar-refractivity contribution in [1.82, 2.24) is 4.90 Å². The van der Waals surface area contributed by atoms with E-state index in [1.807, 2.05) is 18.2 Å². The quantitative estimate of drug-likeness (QED) is 0.815. The highest BCUT2D eigenvalue weighted by Gasteiger charge is 2.07. The second-order valence-electron chi connectivity index (χ2n) is 6.37. The number of piperidine rings is 1. The van der Waals surface area contributed by atoms with Crippen LogP contribution < -0.4 is 5.32 Å². The zero-order chi connectivity index (χ0) is 16.5. The predicted octanol–water partition coefficient (Wildman–Crippen LogP) is 4.53. The van der Waals surface area contributed by atoms with E-state index in [-0.39, 0.29) is 0 Å². The highest BCUT2D eigenvalue weighted by Crippen LogP contribution is 2.10. The van der Waals surface area contributed by atoms with Crippen molar-refractivity contribution in [3.8, 4) is 11.8 Å². The van der Waals surface area contributed by atoms with Gasteiger partial charge in [0.25, 0.3) is 0 Å². The van der Waals surface area contributed by atoms with E-state index in [1.165, 1.54) is 37.9 Å². The molecule has 24 heavy (non-hydrogen) atoms. The summed E-state index contributed by atoms with van der Waals surface area (Å²) in [5.41, 5.74) is 3.53. The highest BCUT2D eigenvalue weighted by atomic mass is 15.1. The fourth-order valence-electron chi connectivity index (χ4n) is 3.08.